The van der Waals surface area contributed by atoms with Gasteiger partial charge < -0.3 is 34.9 Å². The smallest absolute Gasteiger partial charge is 0.469 e. The first-order chi connectivity index (χ1) is 12.5. The van der Waals surface area contributed by atoms with Gasteiger partial charge in [-0.2, -0.15) is 0 Å². The number of rotatable bonds is 11. The van der Waals surface area contributed by atoms with Crippen molar-refractivity contribution in [2.24, 2.45) is 5.92 Å². The second-order valence-corrected chi connectivity index (χ2v) is 8.12. The molecule has 1 aliphatic carbocycles. The Hall–Kier alpha value is -0.580. The van der Waals surface area contributed by atoms with Crippen LogP contribution in [0.3, 0.4) is 0 Å². The van der Waals surface area contributed by atoms with Gasteiger partial charge in [-0.1, -0.05) is 26.2 Å². The summed E-state index contributed by atoms with van der Waals surface area (Å²) < 4.78 is 20.6. The van der Waals surface area contributed by atoms with Gasteiger partial charge >= 0.3 is 13.8 Å². The highest BCUT2D eigenvalue weighted by Crippen LogP contribution is 2.46. The highest BCUT2D eigenvalue weighted by atomic mass is 31.2. The summed E-state index contributed by atoms with van der Waals surface area (Å²) in [6.07, 6.45) is -1.03. The monoisotopic (exact) mass is 414 g/mol. The van der Waals surface area contributed by atoms with Crippen LogP contribution in [-0.2, 0) is 18.6 Å². The van der Waals surface area contributed by atoms with Crippen molar-refractivity contribution in [2.75, 3.05) is 13.2 Å². The maximum absolute atomic E-state index is 12.1. The third kappa shape index (κ3) is 5.27. The Morgan fingerprint density at radius 2 is 1.74 bits per heavy atom. The first-order valence-electron chi connectivity index (χ1n) is 9.12. The lowest BCUT2D eigenvalue weighted by atomic mass is 9.63. The molecule has 160 valence electrons. The van der Waals surface area contributed by atoms with Gasteiger partial charge in [-0.05, 0) is 32.1 Å². The van der Waals surface area contributed by atoms with E-state index < -0.39 is 49.7 Å². The van der Waals surface area contributed by atoms with Gasteiger partial charge in [0.1, 0.15) is 17.8 Å². The van der Waals surface area contributed by atoms with Gasteiger partial charge in [-0.15, -0.1) is 0 Å². The van der Waals surface area contributed by atoms with Crippen molar-refractivity contribution in [1.29, 1.82) is 0 Å². The first-order valence-corrected chi connectivity index (χ1v) is 10.6. The molecule has 10 nitrogen and oxygen atoms in total. The predicted molar refractivity (Wildman–Crippen MR) is 93.8 cm³/mol. The third-order valence-corrected chi connectivity index (χ3v) is 5.82. The molecule has 1 saturated carbocycles. The first kappa shape index (κ1) is 24.5. The van der Waals surface area contributed by atoms with E-state index in [-0.39, 0.29) is 13.0 Å². The third-order valence-electron chi connectivity index (χ3n) is 5.34. The molecule has 0 saturated heterocycles. The van der Waals surface area contributed by atoms with Crippen LogP contribution < -0.4 is 0 Å². The van der Waals surface area contributed by atoms with E-state index in [0.29, 0.717) is 25.7 Å². The van der Waals surface area contributed by atoms with E-state index in [1.165, 1.54) is 6.92 Å². The Labute approximate surface area is 158 Å². The number of aliphatic hydroxyl groups is 3. The number of carboxylic acids is 1. The second-order valence-electron chi connectivity index (χ2n) is 6.88. The van der Waals surface area contributed by atoms with Crippen LogP contribution in [0, 0.1) is 5.92 Å². The molecule has 0 aliphatic heterocycles. The number of hydrogen-bond acceptors (Lipinski definition) is 7. The number of aliphatic carboxylic acids is 1. The van der Waals surface area contributed by atoms with Gasteiger partial charge in [-0.3, -0.25) is 4.52 Å². The molecular formula is C16H31O10P. The number of hydrogen-bond donors (Lipinski definition) is 6. The number of ether oxygens (including phenoxy) is 1. The Bertz CT molecular complexity index is 531. The molecule has 0 aromatic rings. The van der Waals surface area contributed by atoms with Crippen molar-refractivity contribution in [2.45, 2.75) is 75.8 Å². The molecule has 27 heavy (non-hydrogen) atoms. The fourth-order valence-electron chi connectivity index (χ4n) is 4.04. The molecule has 1 rings (SSSR count). The zero-order chi connectivity index (χ0) is 20.9. The largest absolute Gasteiger partial charge is 0.479 e. The van der Waals surface area contributed by atoms with E-state index >= 15 is 0 Å². The minimum atomic E-state index is -4.92. The fraction of sp³-hybridized carbons (Fsp3) is 0.938. The van der Waals surface area contributed by atoms with E-state index in [9.17, 15) is 29.8 Å². The van der Waals surface area contributed by atoms with Crippen LogP contribution in [-0.4, -0.2) is 72.8 Å². The normalized spacial score (nSPS) is 23.2. The average Bonchev–Trinajstić information content (AvgIpc) is 2.62. The molecular weight excluding hydrogens is 383 g/mol. The van der Waals surface area contributed by atoms with Crippen molar-refractivity contribution < 1.29 is 48.8 Å². The molecule has 4 atom stereocenters. The summed E-state index contributed by atoms with van der Waals surface area (Å²) in [6, 6.07) is 0. The summed E-state index contributed by atoms with van der Waals surface area (Å²) in [5.74, 6) is -2.17. The van der Waals surface area contributed by atoms with Crippen LogP contribution in [0.1, 0.15) is 52.4 Å². The molecule has 0 spiro atoms. The lowest BCUT2D eigenvalue weighted by Crippen LogP contribution is -2.72. The molecule has 0 heterocycles. The van der Waals surface area contributed by atoms with E-state index in [1.807, 2.05) is 0 Å². The summed E-state index contributed by atoms with van der Waals surface area (Å²) in [7, 11) is -4.92. The molecule has 0 aromatic carbocycles. The van der Waals surface area contributed by atoms with Gasteiger partial charge in [-0.25, -0.2) is 9.36 Å². The Kier molecular flexibility index (Phi) is 8.84. The lowest BCUT2D eigenvalue weighted by molar-refractivity contribution is -0.268. The second kappa shape index (κ2) is 9.76. The molecule has 0 amide bonds. The van der Waals surface area contributed by atoms with Crippen molar-refractivity contribution in [3.8, 4) is 0 Å². The van der Waals surface area contributed by atoms with E-state index in [2.05, 4.69) is 4.52 Å². The summed E-state index contributed by atoms with van der Waals surface area (Å²) in [5, 5.41) is 42.4. The van der Waals surface area contributed by atoms with Crippen LogP contribution in [0.2, 0.25) is 0 Å². The zero-order valence-electron chi connectivity index (χ0n) is 15.7. The van der Waals surface area contributed by atoms with E-state index in [0.717, 1.165) is 6.42 Å². The van der Waals surface area contributed by atoms with Crippen LogP contribution in [0.5, 0.6) is 0 Å². The standard InChI is InChI=1S/C16H31O10P/c1-3-15(14(19)20,25-4-2)16(21,11-8-6-5-7-9-11)13(18)12(17)10-26-27(22,23)24/h11-13,17-18,21H,3-10H2,1-2H3,(H,19,20)(H2,22,23,24)/t12?,13?,15-,16?/m0/s1. The minimum Gasteiger partial charge on any atom is -0.479 e. The Morgan fingerprint density at radius 3 is 2.15 bits per heavy atom. The molecule has 3 unspecified atom stereocenters. The van der Waals surface area contributed by atoms with Crippen molar-refractivity contribution >= 4 is 13.8 Å². The van der Waals surface area contributed by atoms with Gasteiger partial charge in [0.25, 0.3) is 0 Å². The summed E-state index contributed by atoms with van der Waals surface area (Å²) in [5.41, 5.74) is -4.59. The van der Waals surface area contributed by atoms with Crippen molar-refractivity contribution in [1.82, 2.24) is 0 Å². The number of aliphatic hydroxyl groups excluding tert-OH is 2. The molecule has 0 radical (unpaired) electrons. The maximum Gasteiger partial charge on any atom is 0.469 e. The summed E-state index contributed by atoms with van der Waals surface area (Å²) in [6.45, 7) is 2.00. The van der Waals surface area contributed by atoms with Gasteiger partial charge in [0.15, 0.2) is 5.60 Å². The average molecular weight is 414 g/mol. The van der Waals surface area contributed by atoms with Crippen LogP contribution in [0.25, 0.3) is 0 Å². The van der Waals surface area contributed by atoms with Crippen LogP contribution in [0.4, 0.5) is 0 Å². The SMILES string of the molecule is CCO[C@@](CC)(C(=O)O)C(O)(C1CCCCC1)C(O)C(O)COP(=O)(O)O. The van der Waals surface area contributed by atoms with Gasteiger partial charge in [0, 0.05) is 6.61 Å². The molecule has 0 aromatic heterocycles. The lowest BCUT2D eigenvalue weighted by Gasteiger charge is -2.52. The maximum atomic E-state index is 12.1. The van der Waals surface area contributed by atoms with Crippen molar-refractivity contribution in [3.63, 3.8) is 0 Å². The zero-order valence-corrected chi connectivity index (χ0v) is 16.5. The summed E-state index contributed by atoms with van der Waals surface area (Å²) >= 11 is 0. The predicted octanol–water partition coefficient (Wildman–Crippen LogP) is 0.399. The highest BCUT2D eigenvalue weighted by molar-refractivity contribution is 7.46. The number of carbonyl (C=O) groups is 1. The molecule has 6 N–H and O–H groups in total. The van der Waals surface area contributed by atoms with Gasteiger partial charge in [0.05, 0.1) is 6.61 Å². The van der Waals surface area contributed by atoms with E-state index in [1.54, 1.807) is 6.92 Å². The number of phosphoric ester groups is 1. The summed E-state index contributed by atoms with van der Waals surface area (Å²) in [4.78, 5) is 29.7. The Morgan fingerprint density at radius 1 is 1.19 bits per heavy atom. The van der Waals surface area contributed by atoms with Crippen molar-refractivity contribution in [3.05, 3.63) is 0 Å². The molecule has 0 bridgehead atoms. The number of phosphoric acid groups is 1. The highest BCUT2D eigenvalue weighted by Gasteiger charge is 2.64. The quantitative estimate of drug-likeness (QED) is 0.260. The Balaban J connectivity index is 3.35. The molecule has 1 fully saturated rings. The van der Waals surface area contributed by atoms with Crippen LogP contribution in [0.15, 0.2) is 0 Å². The van der Waals surface area contributed by atoms with Crippen LogP contribution >= 0.6 is 7.82 Å². The molecule has 1 aliphatic rings. The topological polar surface area (TPSA) is 174 Å². The molecule has 11 heteroatoms. The fourth-order valence-corrected chi connectivity index (χ4v) is 4.39. The van der Waals surface area contributed by atoms with E-state index in [4.69, 9.17) is 14.5 Å². The van der Waals surface area contributed by atoms with Gasteiger partial charge in [0.2, 0.25) is 0 Å². The minimum absolute atomic E-state index is 0.0586. The number of carboxylic acid groups (broad SMARTS) is 1.